The summed E-state index contributed by atoms with van der Waals surface area (Å²) in [7, 11) is 0. The van der Waals surface area contributed by atoms with Crippen LogP contribution in [0.25, 0.3) is 10.6 Å². The zero-order chi connectivity index (χ0) is 17.6. The van der Waals surface area contributed by atoms with Crippen molar-refractivity contribution >= 4 is 34.4 Å². The number of anilines is 1. The molecule has 3 nitrogen and oxygen atoms in total. The number of rotatable bonds is 7. The maximum atomic E-state index is 11.9. The minimum atomic E-state index is 0.196. The fourth-order valence-electron chi connectivity index (χ4n) is 2.45. The van der Waals surface area contributed by atoms with E-state index in [0.717, 1.165) is 39.0 Å². The van der Waals surface area contributed by atoms with Crippen LogP contribution in [0.4, 0.5) is 5.69 Å². The molecule has 0 amide bonds. The van der Waals surface area contributed by atoms with E-state index >= 15 is 0 Å². The molecule has 0 unspecified atom stereocenters. The van der Waals surface area contributed by atoms with Gasteiger partial charge in [-0.3, -0.25) is 4.79 Å². The molecule has 128 valence electrons. The number of hydrogen-bond donors (Lipinski definition) is 1. The Labute approximate surface area is 156 Å². The second-order valence-corrected chi connectivity index (χ2v) is 7.05. The third-order valence-corrected chi connectivity index (χ3v) is 4.99. The summed E-state index contributed by atoms with van der Waals surface area (Å²) in [6, 6.07) is 15.3. The highest BCUT2D eigenvalue weighted by Crippen LogP contribution is 2.25. The number of aromatic nitrogens is 1. The van der Waals surface area contributed by atoms with Crippen molar-refractivity contribution in [2.24, 2.45) is 0 Å². The number of nitrogens with one attached hydrogen (secondary N) is 1. The first kappa shape index (κ1) is 17.6. The van der Waals surface area contributed by atoms with Crippen LogP contribution < -0.4 is 5.32 Å². The molecular formula is C20H19ClN2OS. The Bertz CT molecular complexity index is 841. The summed E-state index contributed by atoms with van der Waals surface area (Å²) < 4.78 is 0. The van der Waals surface area contributed by atoms with Gasteiger partial charge in [-0.2, -0.15) is 0 Å². The molecule has 1 N–H and O–H groups in total. The van der Waals surface area contributed by atoms with Gasteiger partial charge < -0.3 is 5.32 Å². The van der Waals surface area contributed by atoms with Crippen LogP contribution >= 0.6 is 22.9 Å². The third-order valence-electron chi connectivity index (χ3n) is 3.80. The average molecular weight is 371 g/mol. The lowest BCUT2D eigenvalue weighted by Crippen LogP contribution is -2.01. The predicted molar refractivity (Wildman–Crippen MR) is 106 cm³/mol. The number of thiazole rings is 1. The molecule has 2 aromatic carbocycles. The van der Waals surface area contributed by atoms with Crippen molar-refractivity contribution < 1.29 is 4.79 Å². The monoisotopic (exact) mass is 370 g/mol. The maximum absolute atomic E-state index is 11.9. The number of Topliss-reactive ketones (excluding diaryl/α,β-unsaturated/α-hetero) is 1. The summed E-state index contributed by atoms with van der Waals surface area (Å²) in [6.45, 7) is 2.66. The van der Waals surface area contributed by atoms with Gasteiger partial charge in [0, 0.05) is 33.6 Å². The quantitative estimate of drug-likeness (QED) is 0.514. The molecule has 0 aliphatic heterocycles. The number of ketones is 1. The molecule has 3 aromatic rings. The SMILES string of the molecule is CCCC(=O)c1ccc(NCc2csc(-c3ccc(Cl)cc3)n2)cc1. The van der Waals surface area contributed by atoms with Crippen LogP contribution in [-0.4, -0.2) is 10.8 Å². The van der Waals surface area contributed by atoms with E-state index in [2.05, 4.69) is 15.7 Å². The van der Waals surface area contributed by atoms with Crippen molar-refractivity contribution in [2.45, 2.75) is 26.3 Å². The molecule has 0 saturated heterocycles. The molecule has 1 heterocycles. The summed E-state index contributed by atoms with van der Waals surface area (Å²) >= 11 is 7.54. The lowest BCUT2D eigenvalue weighted by molar-refractivity contribution is 0.0982. The van der Waals surface area contributed by atoms with Gasteiger partial charge in [0.1, 0.15) is 5.01 Å². The number of carbonyl (C=O) groups excluding carboxylic acids is 1. The van der Waals surface area contributed by atoms with Crippen LogP contribution in [0.1, 0.15) is 35.8 Å². The minimum absolute atomic E-state index is 0.196. The van der Waals surface area contributed by atoms with Gasteiger partial charge >= 0.3 is 0 Å². The molecular weight excluding hydrogens is 352 g/mol. The largest absolute Gasteiger partial charge is 0.379 e. The van der Waals surface area contributed by atoms with Crippen molar-refractivity contribution in [3.05, 3.63) is 70.2 Å². The van der Waals surface area contributed by atoms with Crippen molar-refractivity contribution in [1.29, 1.82) is 0 Å². The van der Waals surface area contributed by atoms with Gasteiger partial charge in [0.15, 0.2) is 5.78 Å². The first-order valence-electron chi connectivity index (χ1n) is 8.23. The molecule has 3 rings (SSSR count). The Morgan fingerprint density at radius 2 is 1.84 bits per heavy atom. The highest BCUT2D eigenvalue weighted by Gasteiger charge is 2.06. The Morgan fingerprint density at radius 1 is 1.12 bits per heavy atom. The summed E-state index contributed by atoms with van der Waals surface area (Å²) in [4.78, 5) is 16.5. The summed E-state index contributed by atoms with van der Waals surface area (Å²) in [5.74, 6) is 0.196. The van der Waals surface area contributed by atoms with Crippen LogP contribution in [0.5, 0.6) is 0 Å². The molecule has 0 aliphatic carbocycles. The first-order valence-corrected chi connectivity index (χ1v) is 9.49. The Balaban J connectivity index is 1.60. The molecule has 5 heteroatoms. The van der Waals surface area contributed by atoms with E-state index in [0.29, 0.717) is 13.0 Å². The van der Waals surface area contributed by atoms with Crippen molar-refractivity contribution in [2.75, 3.05) is 5.32 Å². The smallest absolute Gasteiger partial charge is 0.162 e. The fourth-order valence-corrected chi connectivity index (χ4v) is 3.40. The fraction of sp³-hybridized carbons (Fsp3) is 0.200. The first-order chi connectivity index (χ1) is 12.2. The van der Waals surface area contributed by atoms with Gasteiger partial charge in [-0.05, 0) is 42.8 Å². The molecule has 0 fully saturated rings. The zero-order valence-corrected chi connectivity index (χ0v) is 15.5. The normalized spacial score (nSPS) is 10.6. The standard InChI is InChI=1S/C20H19ClN2OS/c1-2-3-19(24)14-6-10-17(11-7-14)22-12-18-13-25-20(23-18)15-4-8-16(21)9-5-15/h4-11,13,22H,2-3,12H2,1H3. The van der Waals surface area contributed by atoms with E-state index < -0.39 is 0 Å². The van der Waals surface area contributed by atoms with Gasteiger partial charge in [-0.15, -0.1) is 11.3 Å². The average Bonchev–Trinajstić information content (AvgIpc) is 3.10. The lowest BCUT2D eigenvalue weighted by Gasteiger charge is -2.05. The van der Waals surface area contributed by atoms with Crippen LogP contribution in [0.3, 0.4) is 0 Å². The van der Waals surface area contributed by atoms with Gasteiger partial charge in [0.2, 0.25) is 0 Å². The molecule has 0 saturated carbocycles. The molecule has 25 heavy (non-hydrogen) atoms. The Hall–Kier alpha value is -2.17. The van der Waals surface area contributed by atoms with Gasteiger partial charge in [0.25, 0.3) is 0 Å². The Kier molecular flexibility index (Phi) is 5.84. The molecule has 0 aliphatic rings. The zero-order valence-electron chi connectivity index (χ0n) is 14.0. The van der Waals surface area contributed by atoms with E-state index in [1.165, 1.54) is 0 Å². The van der Waals surface area contributed by atoms with E-state index in [1.54, 1.807) is 11.3 Å². The second-order valence-electron chi connectivity index (χ2n) is 5.75. The van der Waals surface area contributed by atoms with E-state index in [-0.39, 0.29) is 5.78 Å². The van der Waals surface area contributed by atoms with Crippen LogP contribution in [-0.2, 0) is 6.54 Å². The highest BCUT2D eigenvalue weighted by atomic mass is 35.5. The van der Waals surface area contributed by atoms with Crippen molar-refractivity contribution in [3.63, 3.8) is 0 Å². The summed E-state index contributed by atoms with van der Waals surface area (Å²) in [5, 5.41) is 7.10. The number of hydrogen-bond acceptors (Lipinski definition) is 4. The maximum Gasteiger partial charge on any atom is 0.162 e. The van der Waals surface area contributed by atoms with E-state index in [4.69, 9.17) is 11.6 Å². The molecule has 0 radical (unpaired) electrons. The number of benzene rings is 2. The number of halogens is 1. The second kappa shape index (κ2) is 8.28. The van der Waals surface area contributed by atoms with E-state index in [9.17, 15) is 4.79 Å². The van der Waals surface area contributed by atoms with E-state index in [1.807, 2.05) is 55.5 Å². The topological polar surface area (TPSA) is 42.0 Å². The Morgan fingerprint density at radius 3 is 2.52 bits per heavy atom. The van der Waals surface area contributed by atoms with Crippen molar-refractivity contribution in [1.82, 2.24) is 4.98 Å². The van der Waals surface area contributed by atoms with Crippen LogP contribution in [0.15, 0.2) is 53.9 Å². The summed E-state index contributed by atoms with van der Waals surface area (Å²) in [6.07, 6.45) is 1.47. The lowest BCUT2D eigenvalue weighted by atomic mass is 10.1. The van der Waals surface area contributed by atoms with Gasteiger partial charge in [-0.1, -0.05) is 30.7 Å². The summed E-state index contributed by atoms with van der Waals surface area (Å²) in [5.41, 5.74) is 3.81. The molecule has 0 atom stereocenters. The van der Waals surface area contributed by atoms with Gasteiger partial charge in [-0.25, -0.2) is 4.98 Å². The van der Waals surface area contributed by atoms with Crippen LogP contribution in [0, 0.1) is 0 Å². The highest BCUT2D eigenvalue weighted by molar-refractivity contribution is 7.13. The minimum Gasteiger partial charge on any atom is -0.379 e. The van der Waals surface area contributed by atoms with Crippen molar-refractivity contribution in [3.8, 4) is 10.6 Å². The molecule has 1 aromatic heterocycles. The number of nitrogens with zero attached hydrogens (tertiary/aromatic N) is 1. The predicted octanol–water partition coefficient (Wildman–Crippen LogP) is 6.06. The third kappa shape index (κ3) is 4.68. The number of carbonyl (C=O) groups is 1. The molecule has 0 bridgehead atoms. The van der Waals surface area contributed by atoms with Gasteiger partial charge in [0.05, 0.1) is 12.2 Å². The van der Waals surface area contributed by atoms with Crippen LogP contribution in [0.2, 0.25) is 5.02 Å². The molecule has 0 spiro atoms.